The van der Waals surface area contributed by atoms with E-state index in [4.69, 9.17) is 0 Å². The molecule has 0 N–H and O–H groups in total. The van der Waals surface area contributed by atoms with Gasteiger partial charge in [-0.1, -0.05) is 0 Å². The summed E-state index contributed by atoms with van der Waals surface area (Å²) < 4.78 is 4.65. The molecule has 0 aliphatic heterocycles. The van der Waals surface area contributed by atoms with Crippen molar-refractivity contribution >= 4 is 38.6 Å². The average Bonchev–Trinajstić information content (AvgIpc) is 1.38. The molecule has 0 aromatic heterocycles. The zero-order chi connectivity index (χ0) is 4.28. The fourth-order valence-corrected chi connectivity index (χ4v) is 0. The molecule has 0 aromatic carbocycles. The topological polar surface area (TPSA) is 9.23 Å². The SMILES string of the molecule is CP(#P)OI. The van der Waals surface area contributed by atoms with E-state index in [1.165, 1.54) is 0 Å². The van der Waals surface area contributed by atoms with Gasteiger partial charge in [0.15, 0.2) is 0 Å². The van der Waals surface area contributed by atoms with Crippen molar-refractivity contribution in [2.24, 2.45) is 0 Å². The van der Waals surface area contributed by atoms with E-state index in [-0.39, 0.29) is 0 Å². The van der Waals surface area contributed by atoms with Crippen molar-refractivity contribution in [2.45, 2.75) is 0 Å². The normalized spacial score (nSPS) is 11.0. The molecule has 1 atom stereocenters. The van der Waals surface area contributed by atoms with Gasteiger partial charge in [-0.3, -0.25) is 0 Å². The van der Waals surface area contributed by atoms with Crippen molar-refractivity contribution in [3.05, 3.63) is 0 Å². The second-order valence-electron chi connectivity index (χ2n) is 0.533. The Balaban J connectivity index is 2.97. The van der Waals surface area contributed by atoms with Crippen molar-refractivity contribution in [3.8, 4) is 0 Å². The van der Waals surface area contributed by atoms with Gasteiger partial charge in [0.1, 0.15) is 0 Å². The summed E-state index contributed by atoms with van der Waals surface area (Å²) in [5.74, 6) is 0. The van der Waals surface area contributed by atoms with Gasteiger partial charge in [-0.05, 0) is 0 Å². The minimum absolute atomic E-state index is 0.417. The van der Waals surface area contributed by atoms with Crippen molar-refractivity contribution in [3.63, 3.8) is 0 Å². The molecule has 0 fully saturated rings. The van der Waals surface area contributed by atoms with Gasteiger partial charge in [-0.15, -0.1) is 0 Å². The summed E-state index contributed by atoms with van der Waals surface area (Å²) in [4.78, 5) is 0. The fourth-order valence-electron chi connectivity index (χ4n) is 0. The van der Waals surface area contributed by atoms with Crippen LogP contribution in [0.1, 0.15) is 0 Å². The van der Waals surface area contributed by atoms with Gasteiger partial charge < -0.3 is 0 Å². The van der Waals surface area contributed by atoms with Crippen LogP contribution in [0.2, 0.25) is 0 Å². The van der Waals surface area contributed by atoms with Crippen LogP contribution in [0.15, 0.2) is 0 Å². The fraction of sp³-hybridized carbons (Fsp3) is 1.00. The Morgan fingerprint density at radius 3 is 2.20 bits per heavy atom. The standard InChI is InChI=1S/CH3IOP2/c1-5(4)3-2/h1H3. The van der Waals surface area contributed by atoms with Gasteiger partial charge in [0.25, 0.3) is 0 Å². The zero-order valence-electron chi connectivity index (χ0n) is 2.68. The zero-order valence-corrected chi connectivity index (χ0v) is 6.63. The molecule has 0 saturated carbocycles. The third-order valence-electron chi connectivity index (χ3n) is 0.0999. The van der Waals surface area contributed by atoms with Crippen LogP contribution in [0.3, 0.4) is 0 Å². The van der Waals surface area contributed by atoms with Gasteiger partial charge in [0.05, 0.1) is 0 Å². The number of hydrogen-bond donors (Lipinski definition) is 0. The van der Waals surface area contributed by atoms with E-state index in [2.05, 4.69) is 11.2 Å². The molecule has 0 amide bonds. The van der Waals surface area contributed by atoms with Crippen LogP contribution in [0.4, 0.5) is 0 Å². The van der Waals surface area contributed by atoms with Crippen molar-refractivity contribution in [1.82, 2.24) is 0 Å². The van der Waals surface area contributed by atoms with Crippen LogP contribution in [0.5, 0.6) is 0 Å². The monoisotopic (exact) mass is 220 g/mol. The summed E-state index contributed by atoms with van der Waals surface area (Å²) in [6, 6.07) is 0. The molecule has 0 aromatic rings. The quantitative estimate of drug-likeness (QED) is 0.450. The molecule has 0 saturated heterocycles. The first-order valence-electron chi connectivity index (χ1n) is 0.984. The van der Waals surface area contributed by atoms with E-state index in [1.54, 1.807) is 0 Å². The maximum atomic E-state index is 4.65. The molecule has 0 rings (SSSR count). The van der Waals surface area contributed by atoms with E-state index in [9.17, 15) is 0 Å². The molecule has 30 valence electrons. The Labute approximate surface area is 48.3 Å². The van der Waals surface area contributed by atoms with Crippen molar-refractivity contribution in [2.75, 3.05) is 6.66 Å². The molecule has 4 heteroatoms. The van der Waals surface area contributed by atoms with E-state index in [0.717, 1.165) is 0 Å². The Bertz CT molecular complexity index is 71.5. The third-order valence-corrected chi connectivity index (χ3v) is 3.25. The van der Waals surface area contributed by atoms with Crippen LogP contribution in [-0.4, -0.2) is 6.66 Å². The van der Waals surface area contributed by atoms with Crippen LogP contribution in [0, 0.1) is 0 Å². The summed E-state index contributed by atoms with van der Waals surface area (Å²) in [5, 5.41) is 0. The minimum atomic E-state index is -0.417. The van der Waals surface area contributed by atoms with E-state index in [0.29, 0.717) is 0 Å². The van der Waals surface area contributed by atoms with Gasteiger partial charge in [0.2, 0.25) is 0 Å². The Morgan fingerprint density at radius 2 is 2.20 bits per heavy atom. The molecule has 0 aliphatic rings. The number of rotatable bonds is 0. The molecule has 0 aliphatic carbocycles. The molecule has 0 bridgehead atoms. The van der Waals surface area contributed by atoms with E-state index in [1.807, 2.05) is 29.7 Å². The van der Waals surface area contributed by atoms with Crippen LogP contribution in [-0.2, 0) is 2.85 Å². The third kappa shape index (κ3) is 5.42. The summed E-state index contributed by atoms with van der Waals surface area (Å²) in [6.45, 7) is 1.92. The second kappa shape index (κ2) is 3.60. The number of hydrogen-bond acceptors (Lipinski definition) is 1. The molecular weight excluding hydrogens is 217 g/mol. The summed E-state index contributed by atoms with van der Waals surface area (Å²) in [6.07, 6.45) is 0. The van der Waals surface area contributed by atoms with Crippen molar-refractivity contribution in [1.29, 1.82) is 0 Å². The van der Waals surface area contributed by atoms with Crippen LogP contribution >= 0.6 is 38.6 Å². The van der Waals surface area contributed by atoms with Crippen LogP contribution < -0.4 is 0 Å². The predicted molar refractivity (Wildman–Crippen MR) is 34.9 cm³/mol. The van der Waals surface area contributed by atoms with Crippen molar-refractivity contribution < 1.29 is 2.85 Å². The first-order valence-corrected chi connectivity index (χ1v) is 4.72. The second-order valence-corrected chi connectivity index (χ2v) is 4.47. The molecule has 5 heavy (non-hydrogen) atoms. The summed E-state index contributed by atoms with van der Waals surface area (Å²) in [7, 11) is 3.52. The summed E-state index contributed by atoms with van der Waals surface area (Å²) in [5.41, 5.74) is 0. The molecule has 1 nitrogen and oxygen atoms in total. The molecule has 0 radical (unpaired) electrons. The average molecular weight is 220 g/mol. The first-order chi connectivity index (χ1) is 2.27. The van der Waals surface area contributed by atoms with Gasteiger partial charge >= 0.3 is 48.1 Å². The van der Waals surface area contributed by atoms with E-state index < -0.39 is 7.25 Å². The molecule has 1 unspecified atom stereocenters. The molecule has 0 heterocycles. The van der Waals surface area contributed by atoms with Gasteiger partial charge in [0, 0.05) is 0 Å². The molecule has 0 spiro atoms. The number of halogens is 1. The van der Waals surface area contributed by atoms with Gasteiger partial charge in [-0.2, -0.15) is 0 Å². The van der Waals surface area contributed by atoms with Gasteiger partial charge in [-0.25, -0.2) is 0 Å². The first kappa shape index (κ1) is 6.42. The Kier molecular flexibility index (Phi) is 4.63. The molecular formula is CH3IOP2. The van der Waals surface area contributed by atoms with Crippen LogP contribution in [0.25, 0.3) is 0 Å². The predicted octanol–water partition coefficient (Wildman–Crippen LogP) is 2.71. The Morgan fingerprint density at radius 1 is 2.00 bits per heavy atom. The van der Waals surface area contributed by atoms with E-state index >= 15 is 0 Å². The Hall–Kier alpha value is 1.42. The summed E-state index contributed by atoms with van der Waals surface area (Å²) >= 11 is 1.83. The maximum absolute atomic E-state index is 4.65.